The van der Waals surface area contributed by atoms with Gasteiger partial charge in [-0.1, -0.05) is 42.5 Å². The van der Waals surface area contributed by atoms with E-state index in [1.165, 1.54) is 7.11 Å². The molecule has 0 amide bonds. The van der Waals surface area contributed by atoms with Crippen molar-refractivity contribution in [1.82, 2.24) is 9.97 Å². The fraction of sp³-hybridized carbons (Fsp3) is 0.167. The van der Waals surface area contributed by atoms with Crippen molar-refractivity contribution in [1.29, 1.82) is 0 Å². The van der Waals surface area contributed by atoms with Crippen LogP contribution in [-0.4, -0.2) is 23.0 Å². The molecule has 0 aliphatic carbocycles. The Kier molecular flexibility index (Phi) is 4.65. The average molecular weight is 437 g/mol. The molecule has 162 valence electrons. The van der Waals surface area contributed by atoms with Gasteiger partial charge in [0.25, 0.3) is 0 Å². The maximum Gasteiger partial charge on any atom is 0.416 e. The number of anilines is 1. The lowest BCUT2D eigenvalue weighted by Crippen LogP contribution is -2.16. The predicted octanol–water partition coefficient (Wildman–Crippen LogP) is 5.56. The minimum Gasteiger partial charge on any atom is -0.465 e. The van der Waals surface area contributed by atoms with E-state index in [1.54, 1.807) is 36.4 Å². The van der Waals surface area contributed by atoms with Crippen molar-refractivity contribution in [3.8, 4) is 11.1 Å². The molecule has 0 fully saturated rings. The van der Waals surface area contributed by atoms with E-state index in [0.29, 0.717) is 46.8 Å². The zero-order chi connectivity index (χ0) is 22.5. The number of H-pyrrole nitrogens is 1. The lowest BCUT2D eigenvalue weighted by Gasteiger charge is -2.13. The summed E-state index contributed by atoms with van der Waals surface area (Å²) in [4.78, 5) is 21.7. The lowest BCUT2D eigenvalue weighted by atomic mass is 10.0. The van der Waals surface area contributed by atoms with Gasteiger partial charge in [-0.3, -0.25) is 0 Å². The first-order valence-corrected chi connectivity index (χ1v) is 9.95. The summed E-state index contributed by atoms with van der Waals surface area (Å²) in [6.07, 6.45) is -4.48. The van der Waals surface area contributed by atoms with Crippen molar-refractivity contribution in [2.45, 2.75) is 19.3 Å². The zero-order valence-corrected chi connectivity index (χ0v) is 17.0. The van der Waals surface area contributed by atoms with Crippen molar-refractivity contribution < 1.29 is 22.7 Å². The van der Waals surface area contributed by atoms with Gasteiger partial charge in [-0.25, -0.2) is 9.78 Å². The Morgan fingerprint density at radius 1 is 1.06 bits per heavy atom. The molecule has 1 aliphatic rings. The highest BCUT2D eigenvalue weighted by Crippen LogP contribution is 2.38. The number of benzene rings is 3. The van der Waals surface area contributed by atoms with E-state index in [1.807, 2.05) is 17.0 Å². The summed E-state index contributed by atoms with van der Waals surface area (Å²) in [5, 5.41) is 0. The first-order valence-electron chi connectivity index (χ1n) is 9.95. The Morgan fingerprint density at radius 2 is 1.84 bits per heavy atom. The van der Waals surface area contributed by atoms with Crippen LogP contribution < -0.4 is 4.90 Å². The van der Waals surface area contributed by atoms with Crippen molar-refractivity contribution in [2.75, 3.05) is 12.0 Å². The smallest absolute Gasteiger partial charge is 0.416 e. The van der Waals surface area contributed by atoms with E-state index in [2.05, 4.69) is 9.97 Å². The Morgan fingerprint density at radius 3 is 2.56 bits per heavy atom. The minimum absolute atomic E-state index is 0.304. The van der Waals surface area contributed by atoms with E-state index >= 15 is 0 Å². The van der Waals surface area contributed by atoms with Gasteiger partial charge in [0, 0.05) is 18.7 Å². The van der Waals surface area contributed by atoms with Gasteiger partial charge in [-0.2, -0.15) is 13.2 Å². The summed E-state index contributed by atoms with van der Waals surface area (Å²) < 4.78 is 45.6. The van der Waals surface area contributed by atoms with Gasteiger partial charge in [0.1, 0.15) is 0 Å². The number of carbonyl (C=O) groups is 1. The number of nitrogens with one attached hydrogen (secondary N) is 1. The molecule has 0 unspecified atom stereocenters. The normalized spacial score (nSPS) is 13.4. The number of fused-ring (bicyclic) bond motifs is 2. The molecular formula is C24H18F3N3O2. The molecule has 8 heteroatoms. The van der Waals surface area contributed by atoms with Crippen LogP contribution in [-0.2, 0) is 24.0 Å². The molecule has 5 nitrogen and oxygen atoms in total. The summed E-state index contributed by atoms with van der Waals surface area (Å²) in [6, 6.07) is 16.5. The zero-order valence-electron chi connectivity index (χ0n) is 17.0. The molecule has 1 N–H and O–H groups in total. The third-order valence-electron chi connectivity index (χ3n) is 5.67. The monoisotopic (exact) mass is 437 g/mol. The number of aromatic nitrogens is 2. The number of aromatic amines is 1. The average Bonchev–Trinajstić information content (AvgIpc) is 3.41. The van der Waals surface area contributed by atoms with Crippen LogP contribution in [0.15, 0.2) is 60.7 Å². The molecule has 5 rings (SSSR count). The van der Waals surface area contributed by atoms with Gasteiger partial charge in [0.2, 0.25) is 5.95 Å². The van der Waals surface area contributed by atoms with Crippen LogP contribution in [0.1, 0.15) is 27.0 Å². The SMILES string of the molecule is COC(=O)c1cccc2c1CN(c1nc3c(-c4ccccc4)cc(C(F)(F)F)cc3[nH]1)C2. The van der Waals surface area contributed by atoms with E-state index in [-0.39, 0.29) is 0 Å². The Bertz CT molecular complexity index is 1330. The number of halogens is 3. The fourth-order valence-electron chi connectivity index (χ4n) is 4.13. The van der Waals surface area contributed by atoms with E-state index < -0.39 is 17.7 Å². The standard InChI is InChI=1S/C24H18F3N3O2/c1-32-22(31)17-9-5-8-15-12-30(13-19(15)17)23-28-20-11-16(24(25,26)27)10-18(21(20)29-23)14-6-3-2-4-7-14/h2-11H,12-13H2,1H3,(H,28,29). The Balaban J connectivity index is 1.60. The Labute approximate surface area is 181 Å². The number of ether oxygens (including phenoxy) is 1. The highest BCUT2D eigenvalue weighted by molar-refractivity contribution is 5.94. The van der Waals surface area contributed by atoms with Crippen molar-refractivity contribution >= 4 is 23.0 Å². The number of methoxy groups -OCH3 is 1. The summed E-state index contributed by atoms with van der Waals surface area (Å²) in [7, 11) is 1.33. The second-order valence-electron chi connectivity index (χ2n) is 7.64. The molecule has 4 aromatic rings. The second kappa shape index (κ2) is 7.40. The van der Waals surface area contributed by atoms with Crippen molar-refractivity contribution in [2.24, 2.45) is 0 Å². The number of alkyl halides is 3. The molecule has 32 heavy (non-hydrogen) atoms. The molecule has 0 saturated carbocycles. The molecule has 0 spiro atoms. The van der Waals surface area contributed by atoms with Crippen LogP contribution in [0.5, 0.6) is 0 Å². The van der Waals surface area contributed by atoms with E-state index in [4.69, 9.17) is 4.74 Å². The van der Waals surface area contributed by atoms with Crippen LogP contribution in [0.4, 0.5) is 19.1 Å². The summed E-state index contributed by atoms with van der Waals surface area (Å²) in [6.45, 7) is 0.875. The van der Waals surface area contributed by atoms with Crippen LogP contribution in [0.3, 0.4) is 0 Å². The third-order valence-corrected chi connectivity index (χ3v) is 5.67. The fourth-order valence-corrected chi connectivity index (χ4v) is 4.13. The van der Waals surface area contributed by atoms with Gasteiger partial charge in [-0.05, 0) is 34.9 Å². The predicted molar refractivity (Wildman–Crippen MR) is 114 cm³/mol. The number of nitrogens with zero attached hydrogens (tertiary/aromatic N) is 2. The molecule has 0 atom stereocenters. The third kappa shape index (κ3) is 3.37. The van der Waals surface area contributed by atoms with Crippen LogP contribution >= 0.6 is 0 Å². The number of esters is 1. The quantitative estimate of drug-likeness (QED) is 0.427. The molecule has 2 heterocycles. The molecule has 0 bridgehead atoms. The maximum atomic E-state index is 13.6. The molecular weight excluding hydrogens is 419 g/mol. The first kappa shape index (κ1) is 20.1. The van der Waals surface area contributed by atoms with Crippen molar-refractivity contribution in [3.63, 3.8) is 0 Å². The van der Waals surface area contributed by atoms with Crippen LogP contribution in [0.25, 0.3) is 22.2 Å². The minimum atomic E-state index is -4.48. The number of hydrogen-bond acceptors (Lipinski definition) is 4. The highest BCUT2D eigenvalue weighted by Gasteiger charge is 2.33. The highest BCUT2D eigenvalue weighted by atomic mass is 19.4. The van der Waals surface area contributed by atoms with Gasteiger partial charge >= 0.3 is 12.1 Å². The summed E-state index contributed by atoms with van der Waals surface area (Å²) in [5.74, 6) is 0.0259. The van der Waals surface area contributed by atoms with Crippen LogP contribution in [0.2, 0.25) is 0 Å². The molecule has 0 saturated heterocycles. The largest absolute Gasteiger partial charge is 0.465 e. The maximum absolute atomic E-state index is 13.6. The molecule has 1 aliphatic heterocycles. The topological polar surface area (TPSA) is 58.2 Å². The molecule has 3 aromatic carbocycles. The number of rotatable bonds is 3. The summed E-state index contributed by atoms with van der Waals surface area (Å²) in [5.41, 5.74) is 3.35. The van der Waals surface area contributed by atoms with E-state index in [9.17, 15) is 18.0 Å². The van der Waals surface area contributed by atoms with E-state index in [0.717, 1.165) is 23.3 Å². The van der Waals surface area contributed by atoms with Gasteiger partial charge in [-0.15, -0.1) is 0 Å². The number of imidazole rings is 1. The molecule has 1 aromatic heterocycles. The van der Waals surface area contributed by atoms with Gasteiger partial charge in [0.05, 0.1) is 29.3 Å². The summed E-state index contributed by atoms with van der Waals surface area (Å²) >= 11 is 0. The second-order valence-corrected chi connectivity index (χ2v) is 7.64. The number of carbonyl (C=O) groups excluding carboxylic acids is 1. The lowest BCUT2D eigenvalue weighted by molar-refractivity contribution is -0.137. The van der Waals surface area contributed by atoms with Crippen LogP contribution in [0, 0.1) is 0 Å². The van der Waals surface area contributed by atoms with Crippen molar-refractivity contribution in [3.05, 3.63) is 82.9 Å². The number of hydrogen-bond donors (Lipinski definition) is 1. The first-order chi connectivity index (χ1) is 15.3. The van der Waals surface area contributed by atoms with Gasteiger partial charge in [0.15, 0.2) is 0 Å². The molecule has 0 radical (unpaired) electrons. The Hall–Kier alpha value is -3.81. The van der Waals surface area contributed by atoms with Gasteiger partial charge < -0.3 is 14.6 Å².